The van der Waals surface area contributed by atoms with Gasteiger partial charge in [0.1, 0.15) is 0 Å². The highest BCUT2D eigenvalue weighted by molar-refractivity contribution is 7.12. The summed E-state index contributed by atoms with van der Waals surface area (Å²) in [6.45, 7) is 11.4. The molecule has 1 aromatic rings. The first-order valence-electron chi connectivity index (χ1n) is 6.89. The van der Waals surface area contributed by atoms with Crippen LogP contribution in [0, 0.1) is 19.8 Å². The number of thiophene rings is 1. The molecule has 0 aliphatic heterocycles. The zero-order chi connectivity index (χ0) is 13.7. The minimum atomic E-state index is 0.287. The van der Waals surface area contributed by atoms with Gasteiger partial charge in [0.25, 0.3) is 0 Å². The van der Waals surface area contributed by atoms with Crippen LogP contribution < -0.4 is 5.32 Å². The van der Waals surface area contributed by atoms with Crippen LogP contribution in [0.3, 0.4) is 0 Å². The number of nitrogens with one attached hydrogen (secondary N) is 1. The molecule has 0 aliphatic rings. The van der Waals surface area contributed by atoms with Gasteiger partial charge in [-0.05, 0) is 51.2 Å². The Labute approximate surface area is 115 Å². The first-order chi connectivity index (χ1) is 8.45. The molecule has 2 N–H and O–H groups in total. The van der Waals surface area contributed by atoms with E-state index in [-0.39, 0.29) is 6.61 Å². The summed E-state index contributed by atoms with van der Waals surface area (Å²) in [5.74, 6) is 0.578. The second-order valence-electron chi connectivity index (χ2n) is 5.52. The Balaban J connectivity index is 2.74. The zero-order valence-electron chi connectivity index (χ0n) is 12.3. The lowest BCUT2D eigenvalue weighted by atomic mass is 9.95. The van der Waals surface area contributed by atoms with Crippen LogP contribution in [0.2, 0.25) is 0 Å². The van der Waals surface area contributed by atoms with Gasteiger partial charge in [0.05, 0.1) is 0 Å². The third kappa shape index (κ3) is 4.38. The summed E-state index contributed by atoms with van der Waals surface area (Å²) in [5.41, 5.74) is 1.45. The predicted molar refractivity (Wildman–Crippen MR) is 80.3 cm³/mol. The summed E-state index contributed by atoms with van der Waals surface area (Å²) in [6.07, 6.45) is 1.91. The largest absolute Gasteiger partial charge is 0.396 e. The second-order valence-corrected chi connectivity index (χ2v) is 6.98. The van der Waals surface area contributed by atoms with Gasteiger partial charge in [-0.3, -0.25) is 0 Å². The fourth-order valence-corrected chi connectivity index (χ4v) is 3.36. The Bertz CT molecular complexity index is 359. The van der Waals surface area contributed by atoms with Gasteiger partial charge in [-0.2, -0.15) is 0 Å². The third-order valence-corrected chi connectivity index (χ3v) is 4.32. The van der Waals surface area contributed by atoms with Crippen LogP contribution in [0.15, 0.2) is 6.07 Å². The lowest BCUT2D eigenvalue weighted by Gasteiger charge is -2.27. The molecule has 2 atom stereocenters. The van der Waals surface area contributed by atoms with Crippen molar-refractivity contribution >= 4 is 11.3 Å². The number of hydrogen-bond donors (Lipinski definition) is 2. The topological polar surface area (TPSA) is 32.3 Å². The van der Waals surface area contributed by atoms with E-state index in [9.17, 15) is 0 Å². The fourth-order valence-electron chi connectivity index (χ4n) is 2.39. The molecule has 1 heterocycles. The number of hydrogen-bond acceptors (Lipinski definition) is 3. The van der Waals surface area contributed by atoms with E-state index in [1.807, 2.05) is 11.3 Å². The predicted octanol–water partition coefficient (Wildman–Crippen LogP) is 3.81. The lowest BCUT2D eigenvalue weighted by Crippen LogP contribution is -2.33. The molecule has 0 saturated carbocycles. The van der Waals surface area contributed by atoms with E-state index in [0.29, 0.717) is 18.0 Å². The van der Waals surface area contributed by atoms with Crippen LogP contribution in [0.25, 0.3) is 0 Å². The monoisotopic (exact) mass is 269 g/mol. The van der Waals surface area contributed by atoms with E-state index in [4.69, 9.17) is 5.11 Å². The molecule has 0 spiro atoms. The van der Waals surface area contributed by atoms with Crippen LogP contribution in [-0.4, -0.2) is 17.8 Å². The van der Waals surface area contributed by atoms with E-state index in [0.717, 1.165) is 12.8 Å². The average Bonchev–Trinajstić information content (AvgIpc) is 2.62. The van der Waals surface area contributed by atoms with Gasteiger partial charge < -0.3 is 10.4 Å². The molecule has 0 fully saturated rings. The van der Waals surface area contributed by atoms with Gasteiger partial charge in [-0.15, -0.1) is 11.3 Å². The maximum absolute atomic E-state index is 8.90. The van der Waals surface area contributed by atoms with Crippen LogP contribution in [0.5, 0.6) is 0 Å². The van der Waals surface area contributed by atoms with Gasteiger partial charge in [0, 0.05) is 28.4 Å². The highest BCUT2D eigenvalue weighted by Crippen LogP contribution is 2.31. The Kier molecular flexibility index (Phi) is 6.33. The molecule has 18 heavy (non-hydrogen) atoms. The van der Waals surface area contributed by atoms with Crippen LogP contribution in [-0.2, 0) is 0 Å². The van der Waals surface area contributed by atoms with Crippen molar-refractivity contribution in [2.75, 3.05) is 6.61 Å². The first kappa shape index (κ1) is 15.7. The number of aryl methyl sites for hydroxylation is 2. The SMILES string of the molecule is Cc1cc(C(NC(C)CCCO)C(C)C)c(C)s1. The summed E-state index contributed by atoms with van der Waals surface area (Å²) in [5, 5.41) is 12.6. The Morgan fingerprint density at radius 2 is 1.94 bits per heavy atom. The Morgan fingerprint density at radius 1 is 1.28 bits per heavy atom. The molecule has 0 aliphatic carbocycles. The van der Waals surface area contributed by atoms with Crippen molar-refractivity contribution < 1.29 is 5.11 Å². The summed E-state index contributed by atoms with van der Waals surface area (Å²) in [6, 6.07) is 3.18. The molecule has 0 radical (unpaired) electrons. The van der Waals surface area contributed by atoms with Crippen molar-refractivity contribution in [1.82, 2.24) is 5.32 Å². The molecular formula is C15H27NOS. The molecular weight excluding hydrogens is 242 g/mol. The Morgan fingerprint density at radius 3 is 2.39 bits per heavy atom. The van der Waals surface area contributed by atoms with Crippen molar-refractivity contribution in [3.05, 3.63) is 21.4 Å². The van der Waals surface area contributed by atoms with E-state index < -0.39 is 0 Å². The smallest absolute Gasteiger partial charge is 0.0431 e. The normalized spacial score (nSPS) is 15.1. The summed E-state index contributed by atoms with van der Waals surface area (Å²) < 4.78 is 0. The van der Waals surface area contributed by atoms with Gasteiger partial charge >= 0.3 is 0 Å². The van der Waals surface area contributed by atoms with E-state index in [1.165, 1.54) is 15.3 Å². The fraction of sp³-hybridized carbons (Fsp3) is 0.733. The standard InChI is InChI=1S/C15H27NOS/c1-10(2)15(16-11(3)7-6-8-17)14-9-12(4)18-13(14)5/h9-11,15-17H,6-8H2,1-5H3. The van der Waals surface area contributed by atoms with Crippen molar-refractivity contribution in [1.29, 1.82) is 0 Å². The maximum Gasteiger partial charge on any atom is 0.0431 e. The van der Waals surface area contributed by atoms with Gasteiger partial charge in [-0.1, -0.05) is 13.8 Å². The van der Waals surface area contributed by atoms with Crippen molar-refractivity contribution in [2.24, 2.45) is 5.92 Å². The minimum Gasteiger partial charge on any atom is -0.396 e. The van der Waals surface area contributed by atoms with Gasteiger partial charge in [0.2, 0.25) is 0 Å². The highest BCUT2D eigenvalue weighted by atomic mass is 32.1. The molecule has 104 valence electrons. The zero-order valence-corrected chi connectivity index (χ0v) is 13.1. The highest BCUT2D eigenvalue weighted by Gasteiger charge is 2.20. The number of rotatable bonds is 7. The number of aliphatic hydroxyl groups is 1. The first-order valence-corrected chi connectivity index (χ1v) is 7.71. The number of aliphatic hydroxyl groups excluding tert-OH is 1. The average molecular weight is 269 g/mol. The second kappa shape index (κ2) is 7.27. The van der Waals surface area contributed by atoms with Crippen LogP contribution >= 0.6 is 11.3 Å². The molecule has 2 nitrogen and oxygen atoms in total. The molecule has 2 unspecified atom stereocenters. The van der Waals surface area contributed by atoms with Crippen molar-refractivity contribution in [3.63, 3.8) is 0 Å². The van der Waals surface area contributed by atoms with Gasteiger partial charge in [-0.25, -0.2) is 0 Å². The van der Waals surface area contributed by atoms with E-state index in [1.54, 1.807) is 0 Å². The van der Waals surface area contributed by atoms with Crippen molar-refractivity contribution in [3.8, 4) is 0 Å². The summed E-state index contributed by atoms with van der Waals surface area (Å²) in [4.78, 5) is 2.81. The van der Waals surface area contributed by atoms with E-state index in [2.05, 4.69) is 46.0 Å². The van der Waals surface area contributed by atoms with E-state index >= 15 is 0 Å². The van der Waals surface area contributed by atoms with Crippen molar-refractivity contribution in [2.45, 2.75) is 59.5 Å². The molecule has 3 heteroatoms. The van der Waals surface area contributed by atoms with Crippen LogP contribution in [0.1, 0.15) is 55.0 Å². The molecule has 1 rings (SSSR count). The summed E-state index contributed by atoms with van der Waals surface area (Å²) in [7, 11) is 0. The summed E-state index contributed by atoms with van der Waals surface area (Å²) >= 11 is 1.88. The third-order valence-electron chi connectivity index (χ3n) is 3.34. The maximum atomic E-state index is 8.90. The molecule has 0 saturated heterocycles. The molecule has 0 bridgehead atoms. The molecule has 0 aromatic carbocycles. The molecule has 0 amide bonds. The quantitative estimate of drug-likeness (QED) is 0.789. The lowest BCUT2D eigenvalue weighted by molar-refractivity contribution is 0.269. The van der Waals surface area contributed by atoms with Gasteiger partial charge in [0.15, 0.2) is 0 Å². The van der Waals surface area contributed by atoms with Crippen LogP contribution in [0.4, 0.5) is 0 Å². The Hall–Kier alpha value is -0.380. The molecule has 1 aromatic heterocycles. The minimum absolute atomic E-state index is 0.287.